The van der Waals surface area contributed by atoms with E-state index in [-0.39, 0.29) is 23.9 Å². The molecule has 3 rings (SSSR count). The van der Waals surface area contributed by atoms with Crippen LogP contribution in [0.5, 0.6) is 0 Å². The molecular weight excluding hydrogens is 419 g/mol. The Labute approximate surface area is 194 Å². The molecule has 1 aromatic heterocycles. The first-order valence-electron chi connectivity index (χ1n) is 11.2. The van der Waals surface area contributed by atoms with Crippen LogP contribution in [-0.4, -0.2) is 41.2 Å². The van der Waals surface area contributed by atoms with Gasteiger partial charge in [0.15, 0.2) is 0 Å². The second kappa shape index (κ2) is 11.5. The summed E-state index contributed by atoms with van der Waals surface area (Å²) in [5, 5.41) is 0. The molecule has 0 fully saturated rings. The molecule has 0 bridgehead atoms. The second-order valence-corrected chi connectivity index (χ2v) is 8.62. The van der Waals surface area contributed by atoms with Crippen LogP contribution in [0.2, 0.25) is 0 Å². The molecule has 6 heteroatoms. The minimum Gasteiger partial charge on any atom is -0.464 e. The quantitative estimate of drug-likeness (QED) is 0.432. The summed E-state index contributed by atoms with van der Waals surface area (Å²) in [5.41, 5.74) is 1.09. The maximum atomic E-state index is 14.3. The van der Waals surface area contributed by atoms with Gasteiger partial charge in [-0.25, -0.2) is 4.39 Å². The summed E-state index contributed by atoms with van der Waals surface area (Å²) in [5.74, 6) is 0.313. The summed E-state index contributed by atoms with van der Waals surface area (Å²) in [6.07, 6.45) is 0.678. The number of benzene rings is 2. The van der Waals surface area contributed by atoms with Crippen LogP contribution in [0.3, 0.4) is 0 Å². The predicted molar refractivity (Wildman–Crippen MR) is 126 cm³/mol. The van der Waals surface area contributed by atoms with Crippen molar-refractivity contribution in [2.24, 2.45) is 5.92 Å². The fourth-order valence-electron chi connectivity index (χ4n) is 3.69. The maximum absolute atomic E-state index is 14.3. The molecule has 0 radical (unpaired) electrons. The van der Waals surface area contributed by atoms with Crippen LogP contribution in [-0.2, 0) is 17.8 Å². The predicted octanol–water partition coefficient (Wildman–Crippen LogP) is 5.10. The lowest BCUT2D eigenvalue weighted by Crippen LogP contribution is -2.44. The highest BCUT2D eigenvalue weighted by Crippen LogP contribution is 2.15. The highest BCUT2D eigenvalue weighted by molar-refractivity contribution is 5.96. The van der Waals surface area contributed by atoms with E-state index in [9.17, 15) is 14.0 Å². The van der Waals surface area contributed by atoms with E-state index in [0.717, 1.165) is 11.3 Å². The zero-order valence-electron chi connectivity index (χ0n) is 19.5. The molecule has 3 aromatic rings. The third-order valence-corrected chi connectivity index (χ3v) is 5.31. The normalized spacial score (nSPS) is 10.9. The fourth-order valence-corrected chi connectivity index (χ4v) is 3.69. The van der Waals surface area contributed by atoms with Gasteiger partial charge in [-0.2, -0.15) is 0 Å². The topological polar surface area (TPSA) is 53.8 Å². The summed E-state index contributed by atoms with van der Waals surface area (Å²) >= 11 is 0. The van der Waals surface area contributed by atoms with E-state index in [1.54, 1.807) is 17.0 Å². The van der Waals surface area contributed by atoms with Crippen molar-refractivity contribution in [2.75, 3.05) is 19.6 Å². The Bertz CT molecular complexity index is 1060. The number of carbonyl (C=O) groups is 2. The van der Waals surface area contributed by atoms with Gasteiger partial charge in [-0.1, -0.05) is 56.3 Å². The highest BCUT2D eigenvalue weighted by Gasteiger charge is 2.25. The van der Waals surface area contributed by atoms with Gasteiger partial charge >= 0.3 is 0 Å². The largest absolute Gasteiger partial charge is 0.464 e. The van der Waals surface area contributed by atoms with Gasteiger partial charge in [0, 0.05) is 13.1 Å². The molecule has 0 saturated carbocycles. The number of furan rings is 1. The molecule has 2 aromatic carbocycles. The first-order chi connectivity index (χ1) is 15.8. The van der Waals surface area contributed by atoms with Gasteiger partial charge in [-0.3, -0.25) is 9.59 Å². The number of hydrogen-bond donors (Lipinski definition) is 0. The van der Waals surface area contributed by atoms with Crippen molar-refractivity contribution >= 4 is 11.8 Å². The number of aryl methyl sites for hydroxylation is 1. The van der Waals surface area contributed by atoms with Crippen molar-refractivity contribution in [2.45, 2.75) is 33.7 Å². The molecule has 0 saturated heterocycles. The molecule has 33 heavy (non-hydrogen) atoms. The Balaban J connectivity index is 1.78. The first-order valence-corrected chi connectivity index (χ1v) is 11.2. The fraction of sp³-hybridized carbons (Fsp3) is 0.333. The lowest BCUT2D eigenvalue weighted by atomic mass is 10.1. The van der Waals surface area contributed by atoms with Crippen LogP contribution in [0.4, 0.5) is 4.39 Å². The molecule has 0 aliphatic rings. The summed E-state index contributed by atoms with van der Waals surface area (Å²) in [4.78, 5) is 29.6. The van der Waals surface area contributed by atoms with E-state index in [1.807, 2.05) is 63.2 Å². The van der Waals surface area contributed by atoms with Gasteiger partial charge < -0.3 is 14.2 Å². The number of hydrogen-bond acceptors (Lipinski definition) is 3. The minimum absolute atomic E-state index is 0.0246. The van der Waals surface area contributed by atoms with Gasteiger partial charge in [0.25, 0.3) is 5.91 Å². The molecule has 0 aliphatic carbocycles. The summed E-state index contributed by atoms with van der Waals surface area (Å²) in [7, 11) is 0. The lowest BCUT2D eigenvalue weighted by molar-refractivity contribution is -0.132. The van der Waals surface area contributed by atoms with E-state index in [2.05, 4.69) is 0 Å². The van der Waals surface area contributed by atoms with Gasteiger partial charge in [0.1, 0.15) is 23.9 Å². The van der Waals surface area contributed by atoms with Crippen molar-refractivity contribution in [3.63, 3.8) is 0 Å². The van der Waals surface area contributed by atoms with Gasteiger partial charge in [-0.05, 0) is 49.1 Å². The summed E-state index contributed by atoms with van der Waals surface area (Å²) in [6.45, 7) is 6.80. The summed E-state index contributed by atoms with van der Waals surface area (Å²) < 4.78 is 20.0. The van der Waals surface area contributed by atoms with Crippen LogP contribution >= 0.6 is 0 Å². The Morgan fingerprint density at radius 2 is 1.64 bits per heavy atom. The molecule has 0 aliphatic heterocycles. The molecule has 5 nitrogen and oxygen atoms in total. The second-order valence-electron chi connectivity index (χ2n) is 8.62. The van der Waals surface area contributed by atoms with E-state index in [4.69, 9.17) is 4.42 Å². The van der Waals surface area contributed by atoms with Crippen molar-refractivity contribution in [3.05, 3.63) is 95.2 Å². The van der Waals surface area contributed by atoms with Crippen molar-refractivity contribution in [1.82, 2.24) is 9.80 Å². The zero-order valence-corrected chi connectivity index (χ0v) is 19.5. The SMILES string of the molecule is Cc1ccc(CN(CCc2ccccc2)C(=O)CN(CC(C)C)C(=O)c2ccccc2F)o1. The third kappa shape index (κ3) is 7.04. The average molecular weight is 451 g/mol. The Morgan fingerprint density at radius 3 is 2.27 bits per heavy atom. The number of nitrogens with zero attached hydrogens (tertiary/aromatic N) is 2. The number of amides is 2. The molecule has 2 amide bonds. The average Bonchev–Trinajstić information content (AvgIpc) is 3.21. The standard InChI is InChI=1S/C27H31FN2O3/c1-20(2)17-30(27(32)24-11-7-8-12-25(24)28)19-26(31)29(18-23-14-13-21(3)33-23)16-15-22-9-5-4-6-10-22/h4-14,20H,15-19H2,1-3H3. The Morgan fingerprint density at radius 1 is 0.939 bits per heavy atom. The smallest absolute Gasteiger partial charge is 0.257 e. The number of halogens is 1. The van der Waals surface area contributed by atoms with E-state index in [0.29, 0.717) is 31.8 Å². The van der Waals surface area contributed by atoms with Gasteiger partial charge in [0.2, 0.25) is 5.91 Å². The van der Waals surface area contributed by atoms with Crippen LogP contribution in [0.1, 0.15) is 41.3 Å². The molecule has 0 atom stereocenters. The van der Waals surface area contributed by atoms with Crippen molar-refractivity contribution in [3.8, 4) is 0 Å². The maximum Gasteiger partial charge on any atom is 0.257 e. The highest BCUT2D eigenvalue weighted by atomic mass is 19.1. The van der Waals surface area contributed by atoms with Crippen LogP contribution < -0.4 is 0 Å². The van der Waals surface area contributed by atoms with E-state index < -0.39 is 11.7 Å². The molecule has 0 unspecified atom stereocenters. The lowest BCUT2D eigenvalue weighted by Gasteiger charge is -2.28. The summed E-state index contributed by atoms with van der Waals surface area (Å²) in [6, 6.07) is 19.5. The van der Waals surface area contributed by atoms with Crippen LogP contribution in [0.25, 0.3) is 0 Å². The molecule has 0 N–H and O–H groups in total. The monoisotopic (exact) mass is 450 g/mol. The third-order valence-electron chi connectivity index (χ3n) is 5.31. The van der Waals surface area contributed by atoms with Gasteiger partial charge in [0.05, 0.1) is 12.1 Å². The van der Waals surface area contributed by atoms with E-state index >= 15 is 0 Å². The van der Waals surface area contributed by atoms with Crippen molar-refractivity contribution in [1.29, 1.82) is 0 Å². The number of rotatable bonds is 10. The Kier molecular flexibility index (Phi) is 8.41. The van der Waals surface area contributed by atoms with Crippen molar-refractivity contribution < 1.29 is 18.4 Å². The van der Waals surface area contributed by atoms with Crippen LogP contribution in [0, 0.1) is 18.7 Å². The Hall–Kier alpha value is -3.41. The van der Waals surface area contributed by atoms with Crippen LogP contribution in [0.15, 0.2) is 71.1 Å². The molecule has 0 spiro atoms. The van der Waals surface area contributed by atoms with Gasteiger partial charge in [-0.15, -0.1) is 0 Å². The number of carbonyl (C=O) groups excluding carboxylic acids is 2. The molecule has 174 valence electrons. The minimum atomic E-state index is -0.587. The zero-order chi connectivity index (χ0) is 23.8. The first kappa shape index (κ1) is 24.2. The van der Waals surface area contributed by atoms with E-state index in [1.165, 1.54) is 17.0 Å². The molecular formula is C27H31FN2O3. The molecule has 1 heterocycles.